The minimum atomic E-state index is -0.475. The fraction of sp³-hybridized carbons (Fsp3) is 0.286. The molecule has 0 fully saturated rings. The number of hydrogen-bond acceptors (Lipinski definition) is 6. The number of aliphatic hydroxyl groups is 1. The smallest absolute Gasteiger partial charge is 0.255 e. The standard InChI is InChI=1S/C28H31N3O5/c1-4-11-36-25-10-9-18(23-16-30-27(35-3)14-26(23)34-2)13-22(25)28(33)31-20(17-32)12-19-15-29-24-8-6-5-7-21(19)24/h5-10,13-16,20,29,32H,4,11-12,17H2,1-3H3,(H,31,33)/t20-/m1/s1. The van der Waals surface area contributed by atoms with Gasteiger partial charge in [0.05, 0.1) is 39.0 Å². The molecule has 0 radical (unpaired) electrons. The average Bonchev–Trinajstić information content (AvgIpc) is 3.33. The van der Waals surface area contributed by atoms with Crippen LogP contribution in [-0.4, -0.2) is 54.5 Å². The van der Waals surface area contributed by atoms with Crippen molar-refractivity contribution in [2.45, 2.75) is 25.8 Å². The third kappa shape index (κ3) is 5.44. The zero-order valence-corrected chi connectivity index (χ0v) is 20.7. The Hall–Kier alpha value is -4.04. The van der Waals surface area contributed by atoms with E-state index in [2.05, 4.69) is 15.3 Å². The summed E-state index contributed by atoms with van der Waals surface area (Å²) in [6.07, 6.45) is 4.85. The van der Waals surface area contributed by atoms with Gasteiger partial charge in [0.1, 0.15) is 11.5 Å². The lowest BCUT2D eigenvalue weighted by molar-refractivity contribution is 0.0912. The molecule has 0 bridgehead atoms. The lowest BCUT2D eigenvalue weighted by Crippen LogP contribution is -2.39. The van der Waals surface area contributed by atoms with E-state index in [1.807, 2.05) is 43.5 Å². The van der Waals surface area contributed by atoms with Crippen LogP contribution in [-0.2, 0) is 6.42 Å². The minimum Gasteiger partial charge on any atom is -0.496 e. The molecular formula is C28H31N3O5. The number of fused-ring (bicyclic) bond motifs is 1. The Morgan fingerprint density at radius 2 is 1.94 bits per heavy atom. The van der Waals surface area contributed by atoms with Crippen LogP contribution in [0.3, 0.4) is 0 Å². The molecule has 0 saturated heterocycles. The third-order valence-corrected chi connectivity index (χ3v) is 5.96. The highest BCUT2D eigenvalue weighted by atomic mass is 16.5. The van der Waals surface area contributed by atoms with Crippen molar-refractivity contribution in [1.29, 1.82) is 0 Å². The van der Waals surface area contributed by atoms with Gasteiger partial charge in [-0.15, -0.1) is 0 Å². The van der Waals surface area contributed by atoms with Gasteiger partial charge in [0.2, 0.25) is 5.88 Å². The molecule has 3 N–H and O–H groups in total. The van der Waals surface area contributed by atoms with Gasteiger partial charge in [-0.1, -0.05) is 31.2 Å². The number of amides is 1. The zero-order valence-electron chi connectivity index (χ0n) is 20.7. The molecule has 4 rings (SSSR count). The monoisotopic (exact) mass is 489 g/mol. The number of carbonyl (C=O) groups is 1. The van der Waals surface area contributed by atoms with Crippen molar-refractivity contribution in [2.24, 2.45) is 0 Å². The summed E-state index contributed by atoms with van der Waals surface area (Å²) in [5.41, 5.74) is 3.87. The molecular weight excluding hydrogens is 458 g/mol. The third-order valence-electron chi connectivity index (χ3n) is 5.96. The van der Waals surface area contributed by atoms with Gasteiger partial charge in [-0.25, -0.2) is 4.98 Å². The summed E-state index contributed by atoms with van der Waals surface area (Å²) in [7, 11) is 3.11. The molecule has 8 heteroatoms. The Morgan fingerprint density at radius 3 is 2.69 bits per heavy atom. The molecule has 0 spiro atoms. The van der Waals surface area contributed by atoms with Crippen LogP contribution in [0.15, 0.2) is 60.9 Å². The number of aromatic nitrogens is 2. The van der Waals surface area contributed by atoms with Gasteiger partial charge >= 0.3 is 0 Å². The largest absolute Gasteiger partial charge is 0.496 e. The zero-order chi connectivity index (χ0) is 25.5. The number of pyridine rings is 1. The topological polar surface area (TPSA) is 106 Å². The van der Waals surface area contributed by atoms with E-state index in [-0.39, 0.29) is 12.5 Å². The maximum absolute atomic E-state index is 13.5. The number of hydrogen-bond donors (Lipinski definition) is 3. The van der Waals surface area contributed by atoms with Gasteiger partial charge in [0.25, 0.3) is 5.91 Å². The molecule has 188 valence electrons. The van der Waals surface area contributed by atoms with Crippen molar-refractivity contribution in [2.75, 3.05) is 27.4 Å². The summed E-state index contributed by atoms with van der Waals surface area (Å²) in [6.45, 7) is 2.28. The number of rotatable bonds is 11. The van der Waals surface area contributed by atoms with Crippen LogP contribution in [0, 0.1) is 0 Å². The van der Waals surface area contributed by atoms with E-state index in [1.165, 1.54) is 7.11 Å². The molecule has 0 saturated carbocycles. The van der Waals surface area contributed by atoms with Crippen LogP contribution in [0.2, 0.25) is 0 Å². The summed E-state index contributed by atoms with van der Waals surface area (Å²) in [4.78, 5) is 21.0. The Kier molecular flexibility index (Phi) is 8.07. The molecule has 1 amide bonds. The summed E-state index contributed by atoms with van der Waals surface area (Å²) >= 11 is 0. The van der Waals surface area contributed by atoms with Crippen molar-refractivity contribution in [3.63, 3.8) is 0 Å². The van der Waals surface area contributed by atoms with Crippen LogP contribution in [0.4, 0.5) is 0 Å². The Labute approximate surface area is 210 Å². The van der Waals surface area contributed by atoms with E-state index in [0.717, 1.165) is 28.5 Å². The van der Waals surface area contributed by atoms with E-state index < -0.39 is 6.04 Å². The van der Waals surface area contributed by atoms with E-state index >= 15 is 0 Å². The first-order valence-corrected chi connectivity index (χ1v) is 11.9. The molecule has 0 aliphatic carbocycles. The van der Waals surface area contributed by atoms with Crippen LogP contribution in [0.25, 0.3) is 22.0 Å². The number of aliphatic hydroxyl groups excluding tert-OH is 1. The SMILES string of the molecule is CCCOc1ccc(-c2cnc(OC)cc2OC)cc1C(=O)N[C@@H](CO)Cc1c[nH]c2ccccc12. The van der Waals surface area contributed by atoms with E-state index in [9.17, 15) is 9.90 Å². The molecule has 2 heterocycles. The molecule has 36 heavy (non-hydrogen) atoms. The van der Waals surface area contributed by atoms with Crippen LogP contribution >= 0.6 is 0 Å². The lowest BCUT2D eigenvalue weighted by Gasteiger charge is -2.19. The summed E-state index contributed by atoms with van der Waals surface area (Å²) in [6, 6.07) is 14.6. The second-order valence-corrected chi connectivity index (χ2v) is 8.40. The Bertz CT molecular complexity index is 1330. The van der Waals surface area contributed by atoms with E-state index in [4.69, 9.17) is 14.2 Å². The highest BCUT2D eigenvalue weighted by molar-refractivity contribution is 5.98. The van der Waals surface area contributed by atoms with Crippen LogP contribution in [0.5, 0.6) is 17.4 Å². The maximum Gasteiger partial charge on any atom is 0.255 e. The van der Waals surface area contributed by atoms with Gasteiger partial charge in [0, 0.05) is 34.9 Å². The highest BCUT2D eigenvalue weighted by Gasteiger charge is 2.20. The fourth-order valence-corrected chi connectivity index (χ4v) is 4.12. The summed E-state index contributed by atoms with van der Waals surface area (Å²) in [5.74, 6) is 1.15. The molecule has 4 aromatic rings. The summed E-state index contributed by atoms with van der Waals surface area (Å²) < 4.78 is 16.6. The normalized spacial score (nSPS) is 11.8. The number of methoxy groups -OCH3 is 2. The van der Waals surface area contributed by atoms with Crippen molar-refractivity contribution in [1.82, 2.24) is 15.3 Å². The average molecular weight is 490 g/mol. The second-order valence-electron chi connectivity index (χ2n) is 8.40. The number of H-pyrrole nitrogens is 1. The second kappa shape index (κ2) is 11.6. The predicted molar refractivity (Wildman–Crippen MR) is 139 cm³/mol. The van der Waals surface area contributed by atoms with Gasteiger partial charge < -0.3 is 29.6 Å². The maximum atomic E-state index is 13.5. The fourth-order valence-electron chi connectivity index (χ4n) is 4.12. The Morgan fingerprint density at radius 1 is 1.11 bits per heavy atom. The van der Waals surface area contributed by atoms with Gasteiger partial charge in [-0.3, -0.25) is 4.79 Å². The number of para-hydroxylation sites is 1. The van der Waals surface area contributed by atoms with Crippen LogP contribution < -0.4 is 19.5 Å². The van der Waals surface area contributed by atoms with E-state index in [0.29, 0.717) is 41.5 Å². The molecule has 0 unspecified atom stereocenters. The number of nitrogens with one attached hydrogen (secondary N) is 2. The molecule has 1 atom stereocenters. The minimum absolute atomic E-state index is 0.202. The number of nitrogens with zero attached hydrogens (tertiary/aromatic N) is 1. The number of benzene rings is 2. The van der Waals surface area contributed by atoms with Gasteiger partial charge in [-0.2, -0.15) is 0 Å². The van der Waals surface area contributed by atoms with Gasteiger partial charge in [-0.05, 0) is 42.2 Å². The number of aromatic amines is 1. The first-order valence-electron chi connectivity index (χ1n) is 11.9. The van der Waals surface area contributed by atoms with Crippen molar-refractivity contribution in [3.05, 3.63) is 72.1 Å². The number of carbonyl (C=O) groups excluding carboxylic acids is 1. The molecule has 0 aliphatic heterocycles. The first kappa shape index (κ1) is 25.1. The molecule has 2 aromatic heterocycles. The number of ether oxygens (including phenoxy) is 3. The Balaban J connectivity index is 1.63. The van der Waals surface area contributed by atoms with Crippen molar-refractivity contribution in [3.8, 4) is 28.5 Å². The predicted octanol–water partition coefficient (Wildman–Crippen LogP) is 4.37. The molecule has 2 aromatic carbocycles. The quantitative estimate of drug-likeness (QED) is 0.289. The first-order chi connectivity index (χ1) is 17.6. The van der Waals surface area contributed by atoms with Crippen molar-refractivity contribution >= 4 is 16.8 Å². The highest BCUT2D eigenvalue weighted by Crippen LogP contribution is 2.34. The van der Waals surface area contributed by atoms with E-state index in [1.54, 1.807) is 31.5 Å². The summed E-state index contributed by atoms with van der Waals surface area (Å²) in [5, 5.41) is 14.1. The molecule has 0 aliphatic rings. The molecule has 8 nitrogen and oxygen atoms in total. The van der Waals surface area contributed by atoms with Gasteiger partial charge in [0.15, 0.2) is 0 Å². The van der Waals surface area contributed by atoms with Crippen molar-refractivity contribution < 1.29 is 24.1 Å². The lowest BCUT2D eigenvalue weighted by atomic mass is 10.0. The van der Waals surface area contributed by atoms with Crippen LogP contribution in [0.1, 0.15) is 29.3 Å².